The first kappa shape index (κ1) is 15.8. The second-order valence-corrected chi connectivity index (χ2v) is 6.49. The molecular weight excluding hydrogens is 335 g/mol. The number of nitrogens with one attached hydrogen (secondary N) is 2. The van der Waals surface area contributed by atoms with E-state index in [-0.39, 0.29) is 15.5 Å². The van der Waals surface area contributed by atoms with Crippen LogP contribution < -0.4 is 10.3 Å². The van der Waals surface area contributed by atoms with Crippen LogP contribution in [0.4, 0.5) is 0 Å². The summed E-state index contributed by atoms with van der Waals surface area (Å²) in [5.41, 5.74) is 2.37. The fraction of sp³-hybridized carbons (Fsp3) is 0. The van der Waals surface area contributed by atoms with Gasteiger partial charge in [0, 0.05) is 10.6 Å². The summed E-state index contributed by atoms with van der Waals surface area (Å²) in [7, 11) is -3.94. The highest BCUT2D eigenvalue weighted by molar-refractivity contribution is 7.89. The van der Waals surface area contributed by atoms with Crippen LogP contribution in [-0.4, -0.2) is 14.3 Å². The highest BCUT2D eigenvalue weighted by Crippen LogP contribution is 2.19. The Kier molecular flexibility index (Phi) is 4.84. The van der Waals surface area contributed by atoms with Gasteiger partial charge in [-0.25, -0.2) is 8.42 Å². The van der Waals surface area contributed by atoms with Crippen molar-refractivity contribution >= 4 is 39.1 Å². The Hall–Kier alpha value is -1.60. The predicted octanol–water partition coefficient (Wildman–Crippen LogP) is 2.62. The predicted molar refractivity (Wildman–Crippen MR) is 80.7 cm³/mol. The van der Waals surface area contributed by atoms with Crippen molar-refractivity contribution in [1.29, 1.82) is 0 Å². The number of sulfonamides is 1. The van der Waals surface area contributed by atoms with E-state index in [1.807, 2.05) is 4.83 Å². The van der Waals surface area contributed by atoms with Gasteiger partial charge in [0.15, 0.2) is 0 Å². The third-order valence-electron chi connectivity index (χ3n) is 2.53. The van der Waals surface area contributed by atoms with Gasteiger partial charge >= 0.3 is 0 Å². The number of hydrogen-bond acceptors (Lipinski definition) is 3. The van der Waals surface area contributed by atoms with E-state index < -0.39 is 15.9 Å². The highest BCUT2D eigenvalue weighted by atomic mass is 35.5. The standard InChI is InChI=1S/C13H10Cl2N2O3S/c14-10-7-5-9(6-8-10)13(18)16-17-21(19,20)12-4-2-1-3-11(12)15/h1-8,17H,(H,16,18). The van der Waals surface area contributed by atoms with Crippen LogP contribution in [0.25, 0.3) is 0 Å². The maximum Gasteiger partial charge on any atom is 0.266 e. The van der Waals surface area contributed by atoms with Gasteiger partial charge in [-0.05, 0) is 36.4 Å². The summed E-state index contributed by atoms with van der Waals surface area (Å²) in [5.74, 6) is -0.609. The van der Waals surface area contributed by atoms with Gasteiger partial charge in [0.05, 0.1) is 5.02 Å². The Morgan fingerprint density at radius 1 is 0.952 bits per heavy atom. The summed E-state index contributed by atoms with van der Waals surface area (Å²) >= 11 is 11.5. The van der Waals surface area contributed by atoms with Gasteiger partial charge in [-0.3, -0.25) is 10.2 Å². The number of benzene rings is 2. The Morgan fingerprint density at radius 2 is 1.57 bits per heavy atom. The van der Waals surface area contributed by atoms with E-state index >= 15 is 0 Å². The molecule has 0 saturated heterocycles. The van der Waals surface area contributed by atoms with Crippen molar-refractivity contribution in [3.8, 4) is 0 Å². The number of halogens is 2. The fourth-order valence-electron chi connectivity index (χ4n) is 1.50. The van der Waals surface area contributed by atoms with E-state index in [2.05, 4.69) is 5.43 Å². The van der Waals surface area contributed by atoms with Crippen LogP contribution in [0.15, 0.2) is 53.4 Å². The van der Waals surface area contributed by atoms with Gasteiger partial charge in [0.2, 0.25) is 0 Å². The van der Waals surface area contributed by atoms with E-state index in [9.17, 15) is 13.2 Å². The lowest BCUT2D eigenvalue weighted by atomic mass is 10.2. The molecule has 0 aliphatic heterocycles. The molecule has 2 aromatic rings. The van der Waals surface area contributed by atoms with Gasteiger partial charge in [-0.15, -0.1) is 4.83 Å². The molecule has 0 aromatic heterocycles. The molecule has 0 fully saturated rings. The molecule has 110 valence electrons. The first-order chi connectivity index (χ1) is 9.90. The average Bonchev–Trinajstić information content (AvgIpc) is 2.46. The van der Waals surface area contributed by atoms with E-state index in [1.165, 1.54) is 42.5 Å². The molecule has 0 saturated carbocycles. The quantitative estimate of drug-likeness (QED) is 0.837. The molecule has 2 aromatic carbocycles. The SMILES string of the molecule is O=C(NNS(=O)(=O)c1ccccc1Cl)c1ccc(Cl)cc1. The molecule has 0 bridgehead atoms. The lowest BCUT2D eigenvalue weighted by molar-refractivity contribution is 0.0945. The highest BCUT2D eigenvalue weighted by Gasteiger charge is 2.18. The Labute approximate surface area is 131 Å². The third-order valence-corrected chi connectivity index (χ3v) is 4.53. The van der Waals surface area contributed by atoms with Gasteiger partial charge in [-0.2, -0.15) is 0 Å². The Balaban J connectivity index is 2.10. The number of hydrazine groups is 1. The van der Waals surface area contributed by atoms with Gasteiger partial charge in [-0.1, -0.05) is 35.3 Å². The molecular formula is C13H10Cl2N2O3S. The first-order valence-electron chi connectivity index (χ1n) is 5.72. The number of rotatable bonds is 4. The van der Waals surface area contributed by atoms with E-state index in [1.54, 1.807) is 6.07 Å². The average molecular weight is 345 g/mol. The van der Waals surface area contributed by atoms with Crippen LogP contribution in [0.1, 0.15) is 10.4 Å². The second-order valence-electron chi connectivity index (χ2n) is 4.00. The van der Waals surface area contributed by atoms with Crippen LogP contribution in [0.2, 0.25) is 10.0 Å². The molecule has 21 heavy (non-hydrogen) atoms. The molecule has 2 N–H and O–H groups in total. The minimum absolute atomic E-state index is 0.0609. The van der Waals surface area contributed by atoms with Crippen LogP contribution >= 0.6 is 23.2 Å². The molecule has 0 aliphatic carbocycles. The second kappa shape index (κ2) is 6.44. The van der Waals surface area contributed by atoms with Crippen molar-refractivity contribution < 1.29 is 13.2 Å². The molecule has 5 nitrogen and oxygen atoms in total. The van der Waals surface area contributed by atoms with E-state index in [0.29, 0.717) is 5.02 Å². The minimum Gasteiger partial charge on any atom is -0.273 e. The number of carbonyl (C=O) groups excluding carboxylic acids is 1. The molecule has 0 atom stereocenters. The molecule has 1 amide bonds. The molecule has 0 aliphatic rings. The minimum atomic E-state index is -3.94. The van der Waals surface area contributed by atoms with Gasteiger partial charge in [0.1, 0.15) is 4.90 Å². The summed E-state index contributed by atoms with van der Waals surface area (Å²) < 4.78 is 24.0. The van der Waals surface area contributed by atoms with Crippen molar-refractivity contribution in [3.63, 3.8) is 0 Å². The zero-order valence-electron chi connectivity index (χ0n) is 10.5. The fourth-order valence-corrected chi connectivity index (χ4v) is 2.99. The Morgan fingerprint density at radius 3 is 2.19 bits per heavy atom. The van der Waals surface area contributed by atoms with Crippen LogP contribution in [0, 0.1) is 0 Å². The van der Waals surface area contributed by atoms with Gasteiger partial charge in [0.25, 0.3) is 15.9 Å². The molecule has 0 spiro atoms. The maximum atomic E-state index is 12.0. The molecule has 0 heterocycles. The van der Waals surface area contributed by atoms with Crippen LogP contribution in [-0.2, 0) is 10.0 Å². The molecule has 0 radical (unpaired) electrons. The maximum absolute atomic E-state index is 12.0. The molecule has 2 rings (SSSR count). The number of hydrogen-bond donors (Lipinski definition) is 2. The summed E-state index contributed by atoms with van der Waals surface area (Å²) in [6.45, 7) is 0. The third kappa shape index (κ3) is 3.95. The van der Waals surface area contributed by atoms with E-state index in [4.69, 9.17) is 23.2 Å². The zero-order valence-corrected chi connectivity index (χ0v) is 12.8. The topological polar surface area (TPSA) is 75.3 Å². The van der Waals surface area contributed by atoms with E-state index in [0.717, 1.165) is 0 Å². The van der Waals surface area contributed by atoms with Crippen molar-refractivity contribution in [2.45, 2.75) is 4.90 Å². The van der Waals surface area contributed by atoms with Crippen LogP contribution in [0.5, 0.6) is 0 Å². The lowest BCUT2D eigenvalue weighted by Gasteiger charge is -2.09. The summed E-state index contributed by atoms with van der Waals surface area (Å²) in [6.07, 6.45) is 0. The smallest absolute Gasteiger partial charge is 0.266 e. The normalized spacial score (nSPS) is 11.1. The Bertz CT molecular complexity index is 761. The summed E-state index contributed by atoms with van der Waals surface area (Å²) in [6, 6.07) is 11.9. The van der Waals surface area contributed by atoms with Crippen molar-refractivity contribution in [2.24, 2.45) is 0 Å². The van der Waals surface area contributed by atoms with Crippen molar-refractivity contribution in [2.75, 3.05) is 0 Å². The van der Waals surface area contributed by atoms with Gasteiger partial charge < -0.3 is 0 Å². The molecule has 8 heteroatoms. The summed E-state index contributed by atoms with van der Waals surface area (Å²) in [5, 5.41) is 0.536. The largest absolute Gasteiger partial charge is 0.273 e. The number of carbonyl (C=O) groups is 1. The molecule has 0 unspecified atom stereocenters. The number of amides is 1. The first-order valence-corrected chi connectivity index (χ1v) is 7.96. The lowest BCUT2D eigenvalue weighted by Crippen LogP contribution is -2.41. The van der Waals surface area contributed by atoms with Crippen molar-refractivity contribution in [3.05, 3.63) is 64.1 Å². The van der Waals surface area contributed by atoms with Crippen molar-refractivity contribution in [1.82, 2.24) is 10.3 Å². The monoisotopic (exact) mass is 344 g/mol. The van der Waals surface area contributed by atoms with Crippen LogP contribution in [0.3, 0.4) is 0 Å². The zero-order chi connectivity index (χ0) is 15.5. The summed E-state index contributed by atoms with van der Waals surface area (Å²) in [4.78, 5) is 13.7.